The Morgan fingerprint density at radius 2 is 2.00 bits per heavy atom. The minimum absolute atomic E-state index is 0.104. The molecule has 1 N–H and O–H groups in total. The summed E-state index contributed by atoms with van der Waals surface area (Å²) in [7, 11) is -3.00. The van der Waals surface area contributed by atoms with Crippen molar-refractivity contribution in [2.24, 2.45) is 0 Å². The molecule has 1 rings (SSSR count). The number of likely N-dealkylation sites (tertiary alicyclic amines) is 1. The highest BCUT2D eigenvalue weighted by atomic mass is 32.2. The van der Waals surface area contributed by atoms with Crippen molar-refractivity contribution in [3.8, 4) is 0 Å². The van der Waals surface area contributed by atoms with Crippen LogP contribution in [0, 0.1) is 0 Å². The van der Waals surface area contributed by atoms with E-state index >= 15 is 0 Å². The van der Waals surface area contributed by atoms with Gasteiger partial charge in [-0.05, 0) is 40.5 Å². The van der Waals surface area contributed by atoms with Gasteiger partial charge in [0.25, 0.3) is 0 Å². The highest BCUT2D eigenvalue weighted by molar-refractivity contribution is 7.91. The van der Waals surface area contributed by atoms with Crippen LogP contribution in [0.4, 0.5) is 4.79 Å². The van der Waals surface area contributed by atoms with E-state index in [2.05, 4.69) is 5.32 Å². The van der Waals surface area contributed by atoms with Gasteiger partial charge in [-0.25, -0.2) is 13.2 Å². The van der Waals surface area contributed by atoms with Crippen molar-refractivity contribution < 1.29 is 17.9 Å². The summed E-state index contributed by atoms with van der Waals surface area (Å²) in [5.74, 6) is 0.292. The van der Waals surface area contributed by atoms with E-state index in [0.717, 1.165) is 19.3 Å². The highest BCUT2D eigenvalue weighted by Gasteiger charge is 2.27. The first-order valence-electron chi connectivity index (χ1n) is 8.47. The van der Waals surface area contributed by atoms with E-state index in [4.69, 9.17) is 4.74 Å². The van der Waals surface area contributed by atoms with Gasteiger partial charge < -0.3 is 15.0 Å². The molecule has 0 aromatic heterocycles. The van der Waals surface area contributed by atoms with Gasteiger partial charge in [0.1, 0.15) is 5.60 Å². The molecule has 1 fully saturated rings. The number of rotatable bonds is 5. The molecule has 1 saturated heterocycles. The predicted molar refractivity (Wildman–Crippen MR) is 92.4 cm³/mol. The van der Waals surface area contributed by atoms with E-state index in [1.54, 1.807) is 11.8 Å². The summed E-state index contributed by atoms with van der Waals surface area (Å²) >= 11 is 0. The maximum absolute atomic E-state index is 12.3. The number of hydrogen-bond donors (Lipinski definition) is 1. The largest absolute Gasteiger partial charge is 0.444 e. The lowest BCUT2D eigenvalue weighted by atomic mass is 10.1. The molecule has 1 aliphatic rings. The Bertz CT molecular complexity index is 485. The van der Waals surface area contributed by atoms with Crippen LogP contribution >= 0.6 is 0 Å². The molecule has 0 spiro atoms. The summed E-state index contributed by atoms with van der Waals surface area (Å²) in [4.78, 5) is 14.0. The van der Waals surface area contributed by atoms with Gasteiger partial charge in [0.15, 0.2) is 9.84 Å². The number of ether oxygens (including phenoxy) is 1. The predicted octanol–water partition coefficient (Wildman–Crippen LogP) is 2.19. The normalized spacial score (nSPS) is 21.6. The molecule has 0 aromatic rings. The first-order chi connectivity index (χ1) is 10.5. The van der Waals surface area contributed by atoms with Crippen LogP contribution in [0.25, 0.3) is 0 Å². The second kappa shape index (κ2) is 8.33. The average molecular weight is 349 g/mol. The molecular formula is C16H32N2O4S. The van der Waals surface area contributed by atoms with Crippen LogP contribution in [-0.4, -0.2) is 61.7 Å². The number of amides is 1. The minimum Gasteiger partial charge on any atom is -0.444 e. The molecule has 0 bridgehead atoms. The molecule has 1 amide bonds. The summed E-state index contributed by atoms with van der Waals surface area (Å²) in [6.45, 7) is 10.4. The Kier molecular flexibility index (Phi) is 7.32. The molecule has 7 heteroatoms. The topological polar surface area (TPSA) is 75.7 Å². The second-order valence-electron chi connectivity index (χ2n) is 7.39. The molecule has 2 atom stereocenters. The molecular weight excluding hydrogens is 316 g/mol. The monoisotopic (exact) mass is 348 g/mol. The van der Waals surface area contributed by atoms with E-state index in [0.29, 0.717) is 13.1 Å². The van der Waals surface area contributed by atoms with Crippen LogP contribution in [0.1, 0.15) is 53.9 Å². The Labute approximate surface area is 140 Å². The summed E-state index contributed by atoms with van der Waals surface area (Å²) < 4.78 is 28.9. The quantitative estimate of drug-likeness (QED) is 0.824. The standard InChI is InChI=1S/C16H32N2O4S/c1-6-23(20,21)12-13(2)17-14-9-7-8-10-18(11-14)15(19)22-16(3,4)5/h13-14,17H,6-12H2,1-5H3. The van der Waals surface area contributed by atoms with Crippen molar-refractivity contribution in [1.29, 1.82) is 0 Å². The molecule has 1 heterocycles. The summed E-state index contributed by atoms with van der Waals surface area (Å²) in [6, 6.07) is -0.0180. The maximum Gasteiger partial charge on any atom is 0.410 e. The van der Waals surface area contributed by atoms with Gasteiger partial charge in [-0.3, -0.25) is 0 Å². The minimum atomic E-state index is -3.00. The van der Waals surface area contributed by atoms with Crippen LogP contribution in [0.15, 0.2) is 0 Å². The smallest absolute Gasteiger partial charge is 0.410 e. The third-order valence-electron chi connectivity index (χ3n) is 3.79. The molecule has 0 radical (unpaired) electrons. The molecule has 6 nitrogen and oxygen atoms in total. The lowest BCUT2D eigenvalue weighted by Gasteiger charge is -2.29. The maximum atomic E-state index is 12.3. The van der Waals surface area contributed by atoms with E-state index < -0.39 is 15.4 Å². The number of sulfone groups is 1. The Balaban J connectivity index is 2.61. The summed E-state index contributed by atoms with van der Waals surface area (Å²) in [5, 5.41) is 3.37. The Morgan fingerprint density at radius 3 is 2.57 bits per heavy atom. The number of nitrogens with one attached hydrogen (secondary N) is 1. The van der Waals surface area contributed by atoms with Crippen molar-refractivity contribution in [3.05, 3.63) is 0 Å². The van der Waals surface area contributed by atoms with Crippen LogP contribution < -0.4 is 5.32 Å². The van der Waals surface area contributed by atoms with Gasteiger partial charge in [-0.2, -0.15) is 0 Å². The fraction of sp³-hybridized carbons (Fsp3) is 0.938. The highest BCUT2D eigenvalue weighted by Crippen LogP contribution is 2.16. The van der Waals surface area contributed by atoms with Gasteiger partial charge in [0, 0.05) is 30.9 Å². The molecule has 0 aliphatic carbocycles. The summed E-state index contributed by atoms with van der Waals surface area (Å²) in [6.07, 6.45) is 2.61. The molecule has 1 aliphatic heterocycles. The molecule has 0 aromatic carbocycles. The average Bonchev–Trinajstić information content (AvgIpc) is 2.61. The first-order valence-corrected chi connectivity index (χ1v) is 10.3. The lowest BCUT2D eigenvalue weighted by Crippen LogP contribution is -2.48. The Hall–Kier alpha value is -0.820. The van der Waals surface area contributed by atoms with Gasteiger partial charge in [-0.15, -0.1) is 0 Å². The zero-order valence-electron chi connectivity index (χ0n) is 15.1. The van der Waals surface area contributed by atoms with Gasteiger partial charge in [-0.1, -0.05) is 13.3 Å². The van der Waals surface area contributed by atoms with Gasteiger partial charge in [0.2, 0.25) is 0 Å². The van der Waals surface area contributed by atoms with Gasteiger partial charge in [0.05, 0.1) is 5.75 Å². The van der Waals surface area contributed by atoms with Crippen molar-refractivity contribution in [3.63, 3.8) is 0 Å². The molecule has 0 saturated carbocycles. The third kappa shape index (κ3) is 8.01. The van der Waals surface area contributed by atoms with E-state index in [1.807, 2.05) is 27.7 Å². The van der Waals surface area contributed by atoms with E-state index in [9.17, 15) is 13.2 Å². The third-order valence-corrected chi connectivity index (χ3v) is 5.67. The zero-order chi connectivity index (χ0) is 17.7. The van der Waals surface area contributed by atoms with E-state index in [-0.39, 0.29) is 29.7 Å². The lowest BCUT2D eigenvalue weighted by molar-refractivity contribution is 0.0242. The van der Waals surface area contributed by atoms with Crippen LogP contribution in [0.3, 0.4) is 0 Å². The second-order valence-corrected chi connectivity index (χ2v) is 9.78. The fourth-order valence-electron chi connectivity index (χ4n) is 2.72. The van der Waals surface area contributed by atoms with Crippen molar-refractivity contribution in [2.45, 2.75) is 71.6 Å². The van der Waals surface area contributed by atoms with Crippen LogP contribution in [0.2, 0.25) is 0 Å². The molecule has 23 heavy (non-hydrogen) atoms. The number of nitrogens with zero attached hydrogens (tertiary/aromatic N) is 1. The molecule has 2 unspecified atom stereocenters. The number of hydrogen-bond acceptors (Lipinski definition) is 5. The number of carbonyl (C=O) groups is 1. The number of carbonyl (C=O) groups excluding carboxylic acids is 1. The fourth-order valence-corrected chi connectivity index (χ4v) is 3.81. The summed E-state index contributed by atoms with van der Waals surface area (Å²) in [5.41, 5.74) is -0.505. The van der Waals surface area contributed by atoms with Gasteiger partial charge >= 0.3 is 6.09 Å². The van der Waals surface area contributed by atoms with Crippen molar-refractivity contribution >= 4 is 15.9 Å². The van der Waals surface area contributed by atoms with Crippen molar-refractivity contribution in [1.82, 2.24) is 10.2 Å². The Morgan fingerprint density at radius 1 is 1.35 bits per heavy atom. The first kappa shape index (κ1) is 20.2. The van der Waals surface area contributed by atoms with Crippen LogP contribution in [-0.2, 0) is 14.6 Å². The van der Waals surface area contributed by atoms with Crippen LogP contribution in [0.5, 0.6) is 0 Å². The van der Waals surface area contributed by atoms with E-state index in [1.165, 1.54) is 0 Å². The SMILES string of the molecule is CCS(=O)(=O)CC(C)NC1CCCCN(C(=O)OC(C)(C)C)C1. The zero-order valence-corrected chi connectivity index (χ0v) is 15.9. The molecule has 136 valence electrons. The van der Waals surface area contributed by atoms with Crippen molar-refractivity contribution in [2.75, 3.05) is 24.6 Å².